The van der Waals surface area contributed by atoms with E-state index in [2.05, 4.69) is 5.10 Å². The Bertz CT molecular complexity index is 1370. The first-order valence-electron chi connectivity index (χ1n) is 10.5. The number of hydrogen-bond acceptors (Lipinski definition) is 5. The number of carbonyl (C=O) groups is 2. The summed E-state index contributed by atoms with van der Waals surface area (Å²) >= 11 is 1.20. The molecule has 0 spiro atoms. The Kier molecular flexibility index (Phi) is 5.99. The largest absolute Gasteiger partial charge is 0.366 e. The lowest BCUT2D eigenvalue weighted by Crippen LogP contribution is -2.18. The molecule has 9 heteroatoms. The average molecular weight is 466 g/mol. The molecule has 0 aliphatic rings. The third kappa shape index (κ3) is 4.36. The van der Waals surface area contributed by atoms with Gasteiger partial charge in [0, 0.05) is 10.4 Å². The lowest BCUT2D eigenvalue weighted by Gasteiger charge is -2.15. The highest BCUT2D eigenvalue weighted by Crippen LogP contribution is 2.39. The standard InChI is InChI=1S/C24H24FN5O2S/c1-12(2)10-16-20(23(27)32)21(17-8-9-18(33-17)22(26)31)19-13(3)29-30(24(19)28-16)11-14-4-6-15(25)7-5-14/h4-9,12H,10-11H2,1-3H3,(H2,26,31)(H2,27,32). The van der Waals surface area contributed by atoms with Gasteiger partial charge in [-0.05, 0) is 49.1 Å². The molecule has 7 nitrogen and oxygen atoms in total. The fourth-order valence-corrected chi connectivity index (χ4v) is 4.87. The average Bonchev–Trinajstić information content (AvgIpc) is 3.34. The molecule has 0 atom stereocenters. The summed E-state index contributed by atoms with van der Waals surface area (Å²) in [6.45, 7) is 6.29. The second-order valence-corrected chi connectivity index (χ2v) is 9.45. The molecule has 0 saturated heterocycles. The molecule has 3 heterocycles. The maximum Gasteiger partial charge on any atom is 0.258 e. The van der Waals surface area contributed by atoms with Crippen LogP contribution in [0.5, 0.6) is 0 Å². The quantitative estimate of drug-likeness (QED) is 0.428. The molecule has 0 radical (unpaired) electrons. The second-order valence-electron chi connectivity index (χ2n) is 8.37. The maximum absolute atomic E-state index is 13.4. The van der Waals surface area contributed by atoms with Crippen molar-refractivity contribution >= 4 is 34.2 Å². The van der Waals surface area contributed by atoms with Crippen molar-refractivity contribution in [2.45, 2.75) is 33.7 Å². The number of carbonyl (C=O) groups excluding carboxylic acids is 2. The SMILES string of the molecule is Cc1nn(Cc2ccc(F)cc2)c2nc(CC(C)C)c(C(N)=O)c(-c3ccc(C(N)=O)s3)c12. The fourth-order valence-electron chi connectivity index (χ4n) is 3.95. The monoisotopic (exact) mass is 465 g/mol. The molecule has 4 N–H and O–H groups in total. The Hall–Kier alpha value is -3.59. The van der Waals surface area contributed by atoms with Crippen molar-refractivity contribution in [3.63, 3.8) is 0 Å². The van der Waals surface area contributed by atoms with Crippen molar-refractivity contribution in [3.05, 3.63) is 69.6 Å². The van der Waals surface area contributed by atoms with E-state index in [-0.39, 0.29) is 11.7 Å². The number of fused-ring (bicyclic) bond motifs is 1. The zero-order chi connectivity index (χ0) is 23.9. The van der Waals surface area contributed by atoms with E-state index in [1.165, 1.54) is 23.5 Å². The van der Waals surface area contributed by atoms with E-state index in [4.69, 9.17) is 16.5 Å². The van der Waals surface area contributed by atoms with Crippen LogP contribution in [0.1, 0.15) is 50.8 Å². The molecule has 0 unspecified atom stereocenters. The predicted octanol–water partition coefficient (Wildman–Crippen LogP) is 4.05. The van der Waals surface area contributed by atoms with Crippen LogP contribution in [0.2, 0.25) is 0 Å². The first-order valence-corrected chi connectivity index (χ1v) is 11.3. The molecular formula is C24H24FN5O2S. The lowest BCUT2D eigenvalue weighted by molar-refractivity contribution is 0.0993. The molecule has 0 aliphatic heterocycles. The van der Waals surface area contributed by atoms with Crippen LogP contribution in [-0.2, 0) is 13.0 Å². The van der Waals surface area contributed by atoms with Crippen LogP contribution >= 0.6 is 11.3 Å². The highest BCUT2D eigenvalue weighted by Gasteiger charge is 2.26. The van der Waals surface area contributed by atoms with Crippen molar-refractivity contribution < 1.29 is 14.0 Å². The van der Waals surface area contributed by atoms with Crippen LogP contribution in [0.3, 0.4) is 0 Å². The molecule has 0 fully saturated rings. The van der Waals surface area contributed by atoms with Crippen LogP contribution in [-0.4, -0.2) is 26.6 Å². The molecule has 4 rings (SSSR count). The Morgan fingerprint density at radius 2 is 1.79 bits per heavy atom. The van der Waals surface area contributed by atoms with Gasteiger partial charge in [0.05, 0.1) is 33.8 Å². The van der Waals surface area contributed by atoms with E-state index < -0.39 is 11.8 Å². The lowest BCUT2D eigenvalue weighted by atomic mass is 9.95. The van der Waals surface area contributed by atoms with Crippen LogP contribution in [0.4, 0.5) is 4.39 Å². The molecule has 0 saturated carbocycles. The summed E-state index contributed by atoms with van der Waals surface area (Å²) in [5.74, 6) is -1.22. The highest BCUT2D eigenvalue weighted by molar-refractivity contribution is 7.17. The van der Waals surface area contributed by atoms with E-state index in [9.17, 15) is 14.0 Å². The van der Waals surface area contributed by atoms with Crippen LogP contribution in [0, 0.1) is 18.7 Å². The van der Waals surface area contributed by atoms with Crippen LogP contribution in [0.25, 0.3) is 21.5 Å². The van der Waals surface area contributed by atoms with Crippen molar-refractivity contribution in [1.82, 2.24) is 14.8 Å². The predicted molar refractivity (Wildman–Crippen MR) is 127 cm³/mol. The minimum Gasteiger partial charge on any atom is -0.366 e. The molecule has 3 aromatic heterocycles. The van der Waals surface area contributed by atoms with Crippen molar-refractivity contribution in [2.24, 2.45) is 17.4 Å². The summed E-state index contributed by atoms with van der Waals surface area (Å²) in [6.07, 6.45) is 0.538. The first kappa shape index (κ1) is 22.6. The Morgan fingerprint density at radius 1 is 1.09 bits per heavy atom. The second kappa shape index (κ2) is 8.74. The zero-order valence-corrected chi connectivity index (χ0v) is 19.4. The Balaban J connectivity index is 2.02. The van der Waals surface area contributed by atoms with E-state index in [0.29, 0.717) is 56.3 Å². The number of primary amides is 2. The van der Waals surface area contributed by atoms with E-state index >= 15 is 0 Å². The molecule has 170 valence electrons. The zero-order valence-electron chi connectivity index (χ0n) is 18.6. The third-order valence-corrected chi connectivity index (χ3v) is 6.44. The van der Waals surface area contributed by atoms with Gasteiger partial charge in [-0.25, -0.2) is 14.1 Å². The van der Waals surface area contributed by atoms with Crippen molar-refractivity contribution in [1.29, 1.82) is 0 Å². The number of rotatable bonds is 7. The van der Waals surface area contributed by atoms with Gasteiger partial charge in [0.15, 0.2) is 5.65 Å². The number of hydrogen-bond donors (Lipinski definition) is 2. The smallest absolute Gasteiger partial charge is 0.258 e. The van der Waals surface area contributed by atoms with Gasteiger partial charge in [-0.2, -0.15) is 5.10 Å². The summed E-state index contributed by atoms with van der Waals surface area (Å²) in [5, 5.41) is 5.37. The molecule has 33 heavy (non-hydrogen) atoms. The minimum atomic E-state index is -0.588. The van der Waals surface area contributed by atoms with E-state index in [1.54, 1.807) is 28.9 Å². The number of nitrogens with two attached hydrogens (primary N) is 2. The van der Waals surface area contributed by atoms with Crippen molar-refractivity contribution in [2.75, 3.05) is 0 Å². The van der Waals surface area contributed by atoms with Gasteiger partial charge in [-0.3, -0.25) is 9.59 Å². The van der Waals surface area contributed by atoms with E-state index in [1.807, 2.05) is 20.8 Å². The van der Waals surface area contributed by atoms with Gasteiger partial charge in [-0.1, -0.05) is 26.0 Å². The molecule has 4 aromatic rings. The van der Waals surface area contributed by atoms with Gasteiger partial charge >= 0.3 is 0 Å². The summed E-state index contributed by atoms with van der Waals surface area (Å²) in [7, 11) is 0. The van der Waals surface area contributed by atoms with Gasteiger partial charge in [0.2, 0.25) is 0 Å². The van der Waals surface area contributed by atoms with Gasteiger partial charge < -0.3 is 11.5 Å². The number of halogens is 1. The summed E-state index contributed by atoms with van der Waals surface area (Å²) in [4.78, 5) is 30.3. The third-order valence-electron chi connectivity index (χ3n) is 5.32. The van der Waals surface area contributed by atoms with Crippen LogP contribution in [0.15, 0.2) is 36.4 Å². The topological polar surface area (TPSA) is 117 Å². The Morgan fingerprint density at radius 3 is 2.36 bits per heavy atom. The van der Waals surface area contributed by atoms with Gasteiger partial charge in [0.1, 0.15) is 5.82 Å². The summed E-state index contributed by atoms with van der Waals surface area (Å²) in [5.41, 5.74) is 15.0. The van der Waals surface area contributed by atoms with Gasteiger partial charge in [0.25, 0.3) is 11.8 Å². The fraction of sp³-hybridized carbons (Fsp3) is 0.250. The number of pyridine rings is 1. The first-order chi connectivity index (χ1) is 15.7. The maximum atomic E-state index is 13.4. The number of nitrogens with zero attached hydrogens (tertiary/aromatic N) is 3. The molecule has 0 aliphatic carbocycles. The molecule has 1 aromatic carbocycles. The number of aromatic nitrogens is 3. The highest BCUT2D eigenvalue weighted by atomic mass is 32.1. The van der Waals surface area contributed by atoms with Crippen LogP contribution < -0.4 is 11.5 Å². The molecular weight excluding hydrogens is 441 g/mol. The van der Waals surface area contributed by atoms with Gasteiger partial charge in [-0.15, -0.1) is 11.3 Å². The van der Waals surface area contributed by atoms with E-state index in [0.717, 1.165) is 5.56 Å². The number of amides is 2. The van der Waals surface area contributed by atoms with Crippen molar-refractivity contribution in [3.8, 4) is 10.4 Å². The number of aryl methyl sites for hydroxylation is 1. The number of benzene rings is 1. The molecule has 2 amide bonds. The normalized spacial score (nSPS) is 11.4. The molecule has 0 bridgehead atoms. The summed E-state index contributed by atoms with van der Waals surface area (Å²) < 4.78 is 15.1. The number of thiophene rings is 1. The Labute approximate surface area is 194 Å². The minimum absolute atomic E-state index is 0.222. The summed E-state index contributed by atoms with van der Waals surface area (Å²) in [6, 6.07) is 9.61.